The molecule has 0 aliphatic carbocycles. The first kappa shape index (κ1) is 13.9. The van der Waals surface area contributed by atoms with Gasteiger partial charge in [0.05, 0.1) is 6.61 Å². The number of hydrogen-bond donors (Lipinski definition) is 2. The highest BCUT2D eigenvalue weighted by atomic mass is 16.5. The number of nitrogens with one attached hydrogen (secondary N) is 1. The second-order valence-electron chi connectivity index (χ2n) is 5.09. The lowest BCUT2D eigenvalue weighted by molar-refractivity contribution is -0.121. The second kappa shape index (κ2) is 7.14. The molecule has 0 aromatic heterocycles. The minimum Gasteiger partial charge on any atom is -0.399 e. The Morgan fingerprint density at radius 2 is 2.26 bits per heavy atom. The zero-order valence-corrected chi connectivity index (χ0v) is 11.2. The van der Waals surface area contributed by atoms with Crippen LogP contribution in [0, 0.1) is 5.92 Å². The molecule has 104 valence electrons. The van der Waals surface area contributed by atoms with E-state index in [0.717, 1.165) is 43.9 Å². The van der Waals surface area contributed by atoms with Crippen molar-refractivity contribution in [3.05, 3.63) is 29.8 Å². The highest BCUT2D eigenvalue weighted by Crippen LogP contribution is 2.14. The molecule has 19 heavy (non-hydrogen) atoms. The molecule has 0 bridgehead atoms. The van der Waals surface area contributed by atoms with Crippen molar-refractivity contribution in [2.75, 3.05) is 25.5 Å². The van der Waals surface area contributed by atoms with Crippen molar-refractivity contribution in [3.8, 4) is 0 Å². The van der Waals surface area contributed by atoms with Gasteiger partial charge in [-0.25, -0.2) is 0 Å². The third kappa shape index (κ3) is 4.56. The molecular weight excluding hydrogens is 240 g/mol. The van der Waals surface area contributed by atoms with E-state index < -0.39 is 0 Å². The predicted octanol–water partition coefficient (Wildman–Crippen LogP) is 1.74. The summed E-state index contributed by atoms with van der Waals surface area (Å²) in [6, 6.07) is 7.69. The number of nitrogens with two attached hydrogens (primary N) is 1. The molecule has 0 saturated carbocycles. The van der Waals surface area contributed by atoms with Gasteiger partial charge in [-0.3, -0.25) is 4.79 Å². The van der Waals surface area contributed by atoms with Gasteiger partial charge in [-0.15, -0.1) is 0 Å². The van der Waals surface area contributed by atoms with Gasteiger partial charge in [0.15, 0.2) is 0 Å². The molecule has 1 fully saturated rings. The summed E-state index contributed by atoms with van der Waals surface area (Å²) in [5, 5.41) is 2.98. The molecule has 3 N–H and O–H groups in total. The first-order valence-corrected chi connectivity index (χ1v) is 6.93. The summed E-state index contributed by atoms with van der Waals surface area (Å²) in [5.41, 5.74) is 7.65. The fraction of sp³-hybridized carbons (Fsp3) is 0.533. The SMILES string of the molecule is Nc1ccccc1CCC(=O)NCC1CCCOC1. The number of para-hydroxylation sites is 1. The Hall–Kier alpha value is -1.55. The Morgan fingerprint density at radius 3 is 3.00 bits per heavy atom. The summed E-state index contributed by atoms with van der Waals surface area (Å²) in [6.45, 7) is 2.35. The first-order chi connectivity index (χ1) is 9.25. The number of carbonyl (C=O) groups is 1. The van der Waals surface area contributed by atoms with Gasteiger partial charge in [-0.2, -0.15) is 0 Å². The second-order valence-corrected chi connectivity index (χ2v) is 5.09. The fourth-order valence-corrected chi connectivity index (χ4v) is 2.33. The summed E-state index contributed by atoms with van der Waals surface area (Å²) >= 11 is 0. The summed E-state index contributed by atoms with van der Waals surface area (Å²) in [4.78, 5) is 11.8. The third-order valence-corrected chi connectivity index (χ3v) is 3.52. The van der Waals surface area contributed by atoms with Gasteiger partial charge >= 0.3 is 0 Å². The van der Waals surface area contributed by atoms with Gasteiger partial charge in [-0.05, 0) is 36.8 Å². The maximum Gasteiger partial charge on any atom is 0.220 e. The molecule has 1 amide bonds. The van der Waals surface area contributed by atoms with Crippen molar-refractivity contribution >= 4 is 11.6 Å². The first-order valence-electron chi connectivity index (χ1n) is 6.93. The van der Waals surface area contributed by atoms with E-state index in [1.54, 1.807) is 0 Å². The van der Waals surface area contributed by atoms with Gasteiger partial charge in [-0.1, -0.05) is 18.2 Å². The molecule has 1 aliphatic heterocycles. The average Bonchev–Trinajstić information content (AvgIpc) is 2.45. The van der Waals surface area contributed by atoms with E-state index in [0.29, 0.717) is 18.8 Å². The topological polar surface area (TPSA) is 64.4 Å². The molecule has 0 spiro atoms. The lowest BCUT2D eigenvalue weighted by Gasteiger charge is -2.22. The smallest absolute Gasteiger partial charge is 0.220 e. The average molecular weight is 262 g/mol. The van der Waals surface area contributed by atoms with Gasteiger partial charge in [0, 0.05) is 25.3 Å². The standard InChI is InChI=1S/C15H22N2O2/c16-14-6-2-1-5-13(14)7-8-15(18)17-10-12-4-3-9-19-11-12/h1-2,5-6,12H,3-4,7-11,16H2,(H,17,18). The van der Waals surface area contributed by atoms with E-state index in [-0.39, 0.29) is 5.91 Å². The van der Waals surface area contributed by atoms with E-state index in [1.807, 2.05) is 24.3 Å². The van der Waals surface area contributed by atoms with Crippen LogP contribution in [0.5, 0.6) is 0 Å². The Kier molecular flexibility index (Phi) is 5.21. The number of hydrogen-bond acceptors (Lipinski definition) is 3. The molecule has 1 atom stereocenters. The van der Waals surface area contributed by atoms with E-state index >= 15 is 0 Å². The van der Waals surface area contributed by atoms with Crippen LogP contribution in [-0.2, 0) is 16.0 Å². The van der Waals surface area contributed by atoms with Crippen LogP contribution >= 0.6 is 0 Å². The van der Waals surface area contributed by atoms with Crippen LogP contribution in [0.15, 0.2) is 24.3 Å². The third-order valence-electron chi connectivity index (χ3n) is 3.52. The molecule has 4 heteroatoms. The highest BCUT2D eigenvalue weighted by molar-refractivity contribution is 5.76. The van der Waals surface area contributed by atoms with Gasteiger partial charge < -0.3 is 15.8 Å². The molecule has 2 rings (SSSR count). The zero-order valence-electron chi connectivity index (χ0n) is 11.2. The summed E-state index contributed by atoms with van der Waals surface area (Å²) in [5.74, 6) is 0.563. The van der Waals surface area contributed by atoms with Gasteiger partial charge in [0.2, 0.25) is 5.91 Å². The largest absolute Gasteiger partial charge is 0.399 e. The van der Waals surface area contributed by atoms with Crippen molar-refractivity contribution in [2.24, 2.45) is 5.92 Å². The fourth-order valence-electron chi connectivity index (χ4n) is 2.33. The molecule has 1 aromatic rings. The normalized spacial score (nSPS) is 19.1. The number of carbonyl (C=O) groups excluding carboxylic acids is 1. The lowest BCUT2D eigenvalue weighted by Crippen LogP contribution is -2.33. The quantitative estimate of drug-likeness (QED) is 0.794. The van der Waals surface area contributed by atoms with Crippen molar-refractivity contribution < 1.29 is 9.53 Å². The van der Waals surface area contributed by atoms with E-state index in [9.17, 15) is 4.79 Å². The predicted molar refractivity (Wildman–Crippen MR) is 75.7 cm³/mol. The van der Waals surface area contributed by atoms with Gasteiger partial charge in [0.1, 0.15) is 0 Å². The molecule has 1 aromatic carbocycles. The Bertz CT molecular complexity index is 414. The number of ether oxygens (including phenoxy) is 1. The molecule has 4 nitrogen and oxygen atoms in total. The molecule has 0 radical (unpaired) electrons. The number of anilines is 1. The molecule has 1 aliphatic rings. The summed E-state index contributed by atoms with van der Waals surface area (Å²) in [7, 11) is 0. The van der Waals surface area contributed by atoms with Crippen molar-refractivity contribution in [3.63, 3.8) is 0 Å². The minimum absolute atomic E-state index is 0.0915. The summed E-state index contributed by atoms with van der Waals surface area (Å²) in [6.07, 6.45) is 3.43. The monoisotopic (exact) mass is 262 g/mol. The Morgan fingerprint density at radius 1 is 1.42 bits per heavy atom. The van der Waals surface area contributed by atoms with E-state index in [4.69, 9.17) is 10.5 Å². The van der Waals surface area contributed by atoms with Crippen LogP contribution in [0.1, 0.15) is 24.8 Å². The van der Waals surface area contributed by atoms with Crippen molar-refractivity contribution in [1.82, 2.24) is 5.32 Å². The molecule has 1 unspecified atom stereocenters. The number of nitrogen functional groups attached to an aromatic ring is 1. The number of aryl methyl sites for hydroxylation is 1. The lowest BCUT2D eigenvalue weighted by atomic mass is 10.0. The number of rotatable bonds is 5. The van der Waals surface area contributed by atoms with E-state index in [1.165, 1.54) is 0 Å². The number of amides is 1. The van der Waals surface area contributed by atoms with Crippen LogP contribution < -0.4 is 11.1 Å². The maximum absolute atomic E-state index is 11.8. The van der Waals surface area contributed by atoms with E-state index in [2.05, 4.69) is 5.32 Å². The number of benzene rings is 1. The molecule has 1 saturated heterocycles. The Labute approximate surface area is 114 Å². The van der Waals surface area contributed by atoms with Crippen LogP contribution in [0.3, 0.4) is 0 Å². The van der Waals surface area contributed by atoms with Gasteiger partial charge in [0.25, 0.3) is 0 Å². The molecular formula is C15H22N2O2. The van der Waals surface area contributed by atoms with Crippen LogP contribution in [0.2, 0.25) is 0 Å². The Balaban J connectivity index is 1.68. The zero-order chi connectivity index (χ0) is 13.5. The highest BCUT2D eigenvalue weighted by Gasteiger charge is 2.14. The maximum atomic E-state index is 11.8. The van der Waals surface area contributed by atoms with Crippen LogP contribution in [0.25, 0.3) is 0 Å². The molecule has 1 heterocycles. The summed E-state index contributed by atoms with van der Waals surface area (Å²) < 4.78 is 5.39. The van der Waals surface area contributed by atoms with Crippen molar-refractivity contribution in [2.45, 2.75) is 25.7 Å². The van der Waals surface area contributed by atoms with Crippen LogP contribution in [0.4, 0.5) is 5.69 Å². The van der Waals surface area contributed by atoms with Crippen LogP contribution in [-0.4, -0.2) is 25.7 Å². The van der Waals surface area contributed by atoms with Crippen molar-refractivity contribution in [1.29, 1.82) is 0 Å². The minimum atomic E-state index is 0.0915.